The third-order valence-corrected chi connectivity index (χ3v) is 4.26. The lowest BCUT2D eigenvalue weighted by Crippen LogP contribution is -2.48. The van der Waals surface area contributed by atoms with E-state index in [1.807, 2.05) is 0 Å². The minimum Gasteiger partial charge on any atom is -0.329 e. The Kier molecular flexibility index (Phi) is 5.37. The van der Waals surface area contributed by atoms with Gasteiger partial charge in [-0.25, -0.2) is 0 Å². The second-order valence-corrected chi connectivity index (χ2v) is 5.76. The summed E-state index contributed by atoms with van der Waals surface area (Å²) in [5, 5.41) is 0. The summed E-state index contributed by atoms with van der Waals surface area (Å²) in [6.07, 6.45) is 2.35. The van der Waals surface area contributed by atoms with E-state index in [2.05, 4.69) is 54.1 Å². The van der Waals surface area contributed by atoms with Crippen LogP contribution in [0.3, 0.4) is 0 Å². The molecule has 1 fully saturated rings. The van der Waals surface area contributed by atoms with Crippen LogP contribution in [0.1, 0.15) is 18.9 Å². The van der Waals surface area contributed by atoms with Gasteiger partial charge in [0, 0.05) is 31.7 Å². The smallest absolute Gasteiger partial charge is 0.0348 e. The van der Waals surface area contributed by atoms with Crippen molar-refractivity contribution in [3.8, 4) is 0 Å². The zero-order chi connectivity index (χ0) is 13.7. The molecule has 1 aromatic rings. The Labute approximate surface area is 117 Å². The van der Waals surface area contributed by atoms with E-state index in [0.717, 1.165) is 26.1 Å². The van der Waals surface area contributed by atoms with Crippen molar-refractivity contribution in [3.63, 3.8) is 0 Å². The molecule has 0 amide bonds. The number of nitrogens with zero attached hydrogens (tertiary/aromatic N) is 2. The first kappa shape index (κ1) is 14.5. The topological polar surface area (TPSA) is 32.5 Å². The van der Waals surface area contributed by atoms with Gasteiger partial charge in [-0.2, -0.15) is 0 Å². The highest BCUT2D eigenvalue weighted by Crippen LogP contribution is 2.16. The zero-order valence-corrected chi connectivity index (χ0v) is 12.3. The first-order valence-corrected chi connectivity index (χ1v) is 7.39. The first-order chi connectivity index (χ1) is 9.20. The molecule has 106 valence electrons. The summed E-state index contributed by atoms with van der Waals surface area (Å²) < 4.78 is 0. The molecule has 3 nitrogen and oxygen atoms in total. The third-order valence-electron chi connectivity index (χ3n) is 4.26. The molecule has 1 saturated heterocycles. The van der Waals surface area contributed by atoms with Crippen molar-refractivity contribution in [3.05, 3.63) is 35.9 Å². The van der Waals surface area contributed by atoms with E-state index in [1.54, 1.807) is 0 Å². The van der Waals surface area contributed by atoms with Gasteiger partial charge >= 0.3 is 0 Å². The van der Waals surface area contributed by atoms with Crippen LogP contribution >= 0.6 is 0 Å². The molecule has 0 aliphatic carbocycles. The summed E-state index contributed by atoms with van der Waals surface area (Å²) >= 11 is 0. The number of nitrogens with two attached hydrogens (primary N) is 1. The summed E-state index contributed by atoms with van der Waals surface area (Å²) in [6.45, 7) is 6.48. The number of rotatable bonds is 4. The lowest BCUT2D eigenvalue weighted by atomic mass is 10.1. The van der Waals surface area contributed by atoms with Crippen LogP contribution in [0.2, 0.25) is 0 Å². The zero-order valence-electron chi connectivity index (χ0n) is 12.3. The van der Waals surface area contributed by atoms with Gasteiger partial charge in [0.25, 0.3) is 0 Å². The Morgan fingerprint density at radius 3 is 2.68 bits per heavy atom. The van der Waals surface area contributed by atoms with E-state index in [9.17, 15) is 0 Å². The molecule has 2 atom stereocenters. The SMILES string of the molecule is CC1CCN(C)CC(CN)N1CCc1ccccc1. The molecule has 0 radical (unpaired) electrons. The van der Waals surface area contributed by atoms with Gasteiger partial charge in [-0.05, 0) is 38.9 Å². The second-order valence-electron chi connectivity index (χ2n) is 5.76. The Hall–Kier alpha value is -0.900. The van der Waals surface area contributed by atoms with Gasteiger partial charge in [-0.3, -0.25) is 4.90 Å². The fraction of sp³-hybridized carbons (Fsp3) is 0.625. The lowest BCUT2D eigenvalue weighted by molar-refractivity contribution is 0.150. The number of benzene rings is 1. The summed E-state index contributed by atoms with van der Waals surface area (Å²) in [7, 11) is 2.20. The largest absolute Gasteiger partial charge is 0.329 e. The Morgan fingerprint density at radius 2 is 2.00 bits per heavy atom. The van der Waals surface area contributed by atoms with Crippen LogP contribution in [-0.4, -0.2) is 55.1 Å². The molecule has 1 aliphatic heterocycles. The van der Waals surface area contributed by atoms with Crippen LogP contribution in [0.15, 0.2) is 30.3 Å². The average molecular weight is 261 g/mol. The molecule has 0 bridgehead atoms. The second kappa shape index (κ2) is 7.04. The van der Waals surface area contributed by atoms with Crippen LogP contribution in [0.4, 0.5) is 0 Å². The standard InChI is InChI=1S/C16H27N3/c1-14-8-10-18(2)13-16(12-17)19(14)11-9-15-6-4-3-5-7-15/h3-7,14,16H,8-13,17H2,1-2H3. The highest BCUT2D eigenvalue weighted by Gasteiger charge is 2.26. The van der Waals surface area contributed by atoms with Gasteiger partial charge in [-0.15, -0.1) is 0 Å². The van der Waals surface area contributed by atoms with Crippen LogP contribution in [0.5, 0.6) is 0 Å². The molecule has 1 aliphatic rings. The normalized spacial score (nSPS) is 26.3. The van der Waals surface area contributed by atoms with Gasteiger partial charge in [0.05, 0.1) is 0 Å². The van der Waals surface area contributed by atoms with Crippen molar-refractivity contribution in [2.24, 2.45) is 5.73 Å². The molecule has 3 heteroatoms. The summed E-state index contributed by atoms with van der Waals surface area (Å²) in [5.41, 5.74) is 7.41. The molecule has 2 unspecified atom stereocenters. The first-order valence-electron chi connectivity index (χ1n) is 7.39. The van der Waals surface area contributed by atoms with Crippen molar-refractivity contribution in [2.45, 2.75) is 31.8 Å². The van der Waals surface area contributed by atoms with E-state index < -0.39 is 0 Å². The van der Waals surface area contributed by atoms with Crippen molar-refractivity contribution in [1.82, 2.24) is 9.80 Å². The molecular formula is C16H27N3. The maximum absolute atomic E-state index is 5.99. The van der Waals surface area contributed by atoms with E-state index in [0.29, 0.717) is 12.1 Å². The number of likely N-dealkylation sites (N-methyl/N-ethyl adjacent to an activating group) is 1. The van der Waals surface area contributed by atoms with Gasteiger partial charge in [0.2, 0.25) is 0 Å². The average Bonchev–Trinajstić information content (AvgIpc) is 2.57. The highest BCUT2D eigenvalue weighted by molar-refractivity contribution is 5.15. The predicted molar refractivity (Wildman–Crippen MR) is 81.3 cm³/mol. The highest BCUT2D eigenvalue weighted by atomic mass is 15.3. The molecular weight excluding hydrogens is 234 g/mol. The quantitative estimate of drug-likeness (QED) is 0.893. The third kappa shape index (κ3) is 4.03. The monoisotopic (exact) mass is 261 g/mol. The molecule has 1 heterocycles. The van der Waals surface area contributed by atoms with Crippen LogP contribution in [0.25, 0.3) is 0 Å². The van der Waals surface area contributed by atoms with Gasteiger partial charge in [0.15, 0.2) is 0 Å². The van der Waals surface area contributed by atoms with Gasteiger partial charge in [-0.1, -0.05) is 30.3 Å². The molecule has 0 spiro atoms. The Morgan fingerprint density at radius 1 is 1.26 bits per heavy atom. The molecule has 0 aromatic heterocycles. The minimum absolute atomic E-state index is 0.492. The fourth-order valence-corrected chi connectivity index (χ4v) is 3.00. The van der Waals surface area contributed by atoms with Crippen molar-refractivity contribution in [2.75, 3.05) is 33.2 Å². The van der Waals surface area contributed by atoms with Crippen molar-refractivity contribution < 1.29 is 0 Å². The molecule has 2 rings (SSSR count). The molecule has 1 aromatic carbocycles. The molecule has 0 saturated carbocycles. The van der Waals surface area contributed by atoms with Crippen molar-refractivity contribution >= 4 is 0 Å². The van der Waals surface area contributed by atoms with Crippen LogP contribution < -0.4 is 5.73 Å². The van der Waals surface area contributed by atoms with E-state index in [4.69, 9.17) is 5.73 Å². The van der Waals surface area contributed by atoms with Crippen molar-refractivity contribution in [1.29, 1.82) is 0 Å². The summed E-state index contributed by atoms with van der Waals surface area (Å²) in [5.74, 6) is 0. The minimum atomic E-state index is 0.492. The Balaban J connectivity index is 1.98. The number of hydrogen-bond donors (Lipinski definition) is 1. The van der Waals surface area contributed by atoms with Gasteiger partial charge in [0.1, 0.15) is 0 Å². The summed E-state index contributed by atoms with van der Waals surface area (Å²) in [4.78, 5) is 5.02. The van der Waals surface area contributed by atoms with E-state index >= 15 is 0 Å². The number of hydrogen-bond acceptors (Lipinski definition) is 3. The van der Waals surface area contributed by atoms with Gasteiger partial charge < -0.3 is 10.6 Å². The maximum Gasteiger partial charge on any atom is 0.0348 e. The molecule has 2 N–H and O–H groups in total. The van der Waals surface area contributed by atoms with E-state index in [1.165, 1.54) is 18.5 Å². The van der Waals surface area contributed by atoms with E-state index in [-0.39, 0.29) is 0 Å². The molecule has 19 heavy (non-hydrogen) atoms. The van der Waals surface area contributed by atoms with Crippen LogP contribution in [0, 0.1) is 0 Å². The Bertz CT molecular complexity index is 366. The maximum atomic E-state index is 5.99. The predicted octanol–water partition coefficient (Wildman–Crippen LogP) is 1.58. The lowest BCUT2D eigenvalue weighted by Gasteiger charge is -2.34. The van der Waals surface area contributed by atoms with Crippen LogP contribution in [-0.2, 0) is 6.42 Å². The summed E-state index contributed by atoms with van der Waals surface area (Å²) in [6, 6.07) is 11.9. The fourth-order valence-electron chi connectivity index (χ4n) is 3.00.